The summed E-state index contributed by atoms with van der Waals surface area (Å²) < 4.78 is 5.05. The summed E-state index contributed by atoms with van der Waals surface area (Å²) in [6, 6.07) is 5.58. The number of oxazole rings is 1. The molecule has 106 valence electrons. The van der Waals surface area contributed by atoms with Crippen molar-refractivity contribution in [1.29, 1.82) is 0 Å². The van der Waals surface area contributed by atoms with Gasteiger partial charge in [0.15, 0.2) is 10.7 Å². The zero-order valence-electron chi connectivity index (χ0n) is 10.8. The van der Waals surface area contributed by atoms with Gasteiger partial charge in [-0.05, 0) is 18.6 Å². The molecule has 0 amide bonds. The number of rotatable bonds is 4. The average Bonchev–Trinajstić information content (AvgIpc) is 3.00. The maximum absolute atomic E-state index is 11.1. The molecule has 0 fully saturated rings. The van der Waals surface area contributed by atoms with Crippen LogP contribution in [0.1, 0.15) is 13.3 Å². The summed E-state index contributed by atoms with van der Waals surface area (Å²) >= 11 is 1.57. The molecule has 0 radical (unpaired) electrons. The number of benzene rings is 1. The van der Waals surface area contributed by atoms with Crippen LogP contribution in [0.15, 0.2) is 32.8 Å². The lowest BCUT2D eigenvalue weighted by Gasteiger charge is -1.98. The fourth-order valence-corrected chi connectivity index (χ4v) is 2.57. The van der Waals surface area contributed by atoms with Crippen LogP contribution in [0.4, 0.5) is 5.13 Å². The quantitative estimate of drug-likeness (QED) is 0.773. The van der Waals surface area contributed by atoms with Crippen molar-refractivity contribution < 1.29 is 4.42 Å². The van der Waals surface area contributed by atoms with E-state index in [0.29, 0.717) is 11.1 Å². The van der Waals surface area contributed by atoms with Crippen molar-refractivity contribution in [3.63, 3.8) is 0 Å². The van der Waals surface area contributed by atoms with Crippen molar-refractivity contribution >= 4 is 40.0 Å². The van der Waals surface area contributed by atoms with Gasteiger partial charge in [0.25, 0.3) is 0 Å². The predicted molar refractivity (Wildman–Crippen MR) is 84.0 cm³/mol. The van der Waals surface area contributed by atoms with Crippen LogP contribution < -0.4 is 11.1 Å². The molecule has 0 atom stereocenters. The lowest BCUT2D eigenvalue weighted by Crippen LogP contribution is -1.98. The van der Waals surface area contributed by atoms with Gasteiger partial charge in [0.1, 0.15) is 0 Å². The molecule has 2 aromatic heterocycles. The number of nitrogens with one attached hydrogen (secondary N) is 2. The molecule has 0 saturated carbocycles. The summed E-state index contributed by atoms with van der Waals surface area (Å²) in [5.74, 6) is -0.435. The molecule has 3 aromatic rings. The van der Waals surface area contributed by atoms with Gasteiger partial charge in [0.2, 0.25) is 0 Å². The normalized spacial score (nSPS) is 10.4. The topological polar surface area (TPSA) is 70.9 Å². The van der Waals surface area contributed by atoms with E-state index in [2.05, 4.69) is 22.2 Å². The van der Waals surface area contributed by atoms with Gasteiger partial charge in [0.05, 0.1) is 11.2 Å². The molecule has 0 aliphatic heterocycles. The Morgan fingerprint density at radius 1 is 1.45 bits per heavy atom. The zero-order valence-corrected chi connectivity index (χ0v) is 12.4. The highest BCUT2D eigenvalue weighted by molar-refractivity contribution is 7.14. The van der Waals surface area contributed by atoms with Gasteiger partial charge in [-0.25, -0.2) is 9.78 Å². The molecule has 0 unspecified atom stereocenters. The Balaban J connectivity index is 0.00000147. The number of hydrogen-bond donors (Lipinski definition) is 2. The van der Waals surface area contributed by atoms with Gasteiger partial charge >= 0.3 is 5.76 Å². The molecule has 2 N–H and O–H groups in total. The molecular weight excluding hydrogens is 298 g/mol. The summed E-state index contributed by atoms with van der Waals surface area (Å²) in [7, 11) is 0. The highest BCUT2D eigenvalue weighted by Gasteiger charge is 2.07. The van der Waals surface area contributed by atoms with Gasteiger partial charge in [-0.2, -0.15) is 0 Å². The summed E-state index contributed by atoms with van der Waals surface area (Å²) in [5, 5.41) is 6.15. The van der Waals surface area contributed by atoms with Crippen molar-refractivity contribution in [2.45, 2.75) is 13.3 Å². The Hall–Kier alpha value is -1.79. The average molecular weight is 312 g/mol. The third kappa shape index (κ3) is 2.86. The second kappa shape index (κ2) is 6.11. The molecule has 5 nitrogen and oxygen atoms in total. The van der Waals surface area contributed by atoms with Gasteiger partial charge in [0, 0.05) is 17.5 Å². The Morgan fingerprint density at radius 3 is 3.10 bits per heavy atom. The van der Waals surface area contributed by atoms with Crippen molar-refractivity contribution in [3.8, 4) is 11.3 Å². The third-order valence-corrected chi connectivity index (χ3v) is 3.55. The molecule has 1 aromatic carbocycles. The van der Waals surface area contributed by atoms with E-state index >= 15 is 0 Å². The molecule has 0 spiro atoms. The number of halogens is 1. The molecule has 20 heavy (non-hydrogen) atoms. The first-order valence-electron chi connectivity index (χ1n) is 6.09. The van der Waals surface area contributed by atoms with Crippen LogP contribution in [0.25, 0.3) is 22.4 Å². The first kappa shape index (κ1) is 14.6. The molecular formula is C13H14ClN3O2S. The predicted octanol–water partition coefficient (Wildman–Crippen LogP) is 3.49. The fraction of sp³-hybridized carbons (Fsp3) is 0.231. The number of thiazole rings is 1. The summed E-state index contributed by atoms with van der Waals surface area (Å²) in [6.45, 7) is 3.03. The number of fused-ring (bicyclic) bond motifs is 1. The molecule has 0 saturated heterocycles. The first-order valence-corrected chi connectivity index (χ1v) is 6.97. The van der Waals surface area contributed by atoms with E-state index in [1.807, 2.05) is 23.6 Å². The second-order valence-corrected chi connectivity index (χ2v) is 5.05. The number of aromatic nitrogens is 2. The van der Waals surface area contributed by atoms with Crippen LogP contribution in [-0.2, 0) is 0 Å². The Kier molecular flexibility index (Phi) is 4.46. The molecule has 0 aliphatic rings. The third-order valence-electron chi connectivity index (χ3n) is 2.75. The van der Waals surface area contributed by atoms with Crippen molar-refractivity contribution in [2.24, 2.45) is 0 Å². The largest absolute Gasteiger partial charge is 0.417 e. The Morgan fingerprint density at radius 2 is 2.30 bits per heavy atom. The van der Waals surface area contributed by atoms with Gasteiger partial charge < -0.3 is 9.73 Å². The first-order chi connectivity index (χ1) is 9.26. The maximum Gasteiger partial charge on any atom is 0.417 e. The Labute approximate surface area is 125 Å². The van der Waals surface area contributed by atoms with E-state index < -0.39 is 5.76 Å². The van der Waals surface area contributed by atoms with E-state index in [4.69, 9.17) is 4.42 Å². The van der Waals surface area contributed by atoms with Gasteiger partial charge in [-0.15, -0.1) is 23.7 Å². The van der Waals surface area contributed by atoms with Crippen molar-refractivity contribution in [1.82, 2.24) is 9.97 Å². The number of nitrogens with zero attached hydrogens (tertiary/aromatic N) is 1. The molecule has 3 rings (SSSR count). The molecule has 0 bridgehead atoms. The lowest BCUT2D eigenvalue weighted by molar-refractivity contribution is 0.555. The highest BCUT2D eigenvalue weighted by atomic mass is 35.5. The zero-order chi connectivity index (χ0) is 13.2. The number of anilines is 1. The minimum absolute atomic E-state index is 0. The SMILES string of the molecule is CCCNc1nc(-c2ccc3[nH]c(=O)oc3c2)cs1.Cl. The number of H-pyrrole nitrogens is 1. The molecule has 0 aliphatic carbocycles. The van der Waals surface area contributed by atoms with E-state index in [0.717, 1.165) is 29.4 Å². The van der Waals surface area contributed by atoms with Gasteiger partial charge in [-0.3, -0.25) is 4.98 Å². The molecule has 2 heterocycles. The Bertz CT molecular complexity index is 762. The maximum atomic E-state index is 11.1. The van der Waals surface area contributed by atoms with Crippen molar-refractivity contribution in [2.75, 3.05) is 11.9 Å². The van der Waals surface area contributed by atoms with Crippen LogP contribution in [-0.4, -0.2) is 16.5 Å². The van der Waals surface area contributed by atoms with Crippen LogP contribution in [0.2, 0.25) is 0 Å². The summed E-state index contributed by atoms with van der Waals surface area (Å²) in [5.41, 5.74) is 3.08. The van der Waals surface area contributed by atoms with Crippen LogP contribution >= 0.6 is 23.7 Å². The second-order valence-electron chi connectivity index (χ2n) is 4.19. The van der Waals surface area contributed by atoms with Crippen LogP contribution in [0.5, 0.6) is 0 Å². The molecule has 7 heteroatoms. The fourth-order valence-electron chi connectivity index (χ4n) is 1.82. The van der Waals surface area contributed by atoms with E-state index in [1.165, 1.54) is 0 Å². The number of aromatic amines is 1. The minimum atomic E-state index is -0.435. The van der Waals surface area contributed by atoms with E-state index in [1.54, 1.807) is 11.3 Å². The van der Waals surface area contributed by atoms with E-state index in [9.17, 15) is 4.79 Å². The standard InChI is InChI=1S/C13H13N3O2S.ClH/c1-2-5-14-12-15-10(7-19-12)8-3-4-9-11(6-8)18-13(17)16-9;/h3-4,6-7H,2,5H2,1H3,(H,14,15)(H,16,17);1H. The summed E-state index contributed by atoms with van der Waals surface area (Å²) in [4.78, 5) is 18.2. The minimum Gasteiger partial charge on any atom is -0.408 e. The van der Waals surface area contributed by atoms with Crippen molar-refractivity contribution in [3.05, 3.63) is 34.1 Å². The number of hydrogen-bond acceptors (Lipinski definition) is 5. The van der Waals surface area contributed by atoms with E-state index in [-0.39, 0.29) is 12.4 Å². The summed E-state index contributed by atoms with van der Waals surface area (Å²) in [6.07, 6.45) is 1.06. The van der Waals surface area contributed by atoms with Crippen LogP contribution in [0, 0.1) is 0 Å². The smallest absolute Gasteiger partial charge is 0.408 e. The highest BCUT2D eigenvalue weighted by Crippen LogP contribution is 2.26. The van der Waals surface area contributed by atoms with Gasteiger partial charge in [-0.1, -0.05) is 13.0 Å². The monoisotopic (exact) mass is 311 g/mol. The van der Waals surface area contributed by atoms with Crippen LogP contribution in [0.3, 0.4) is 0 Å². The lowest BCUT2D eigenvalue weighted by atomic mass is 10.1.